The fourth-order valence-electron chi connectivity index (χ4n) is 5.62. The van der Waals surface area contributed by atoms with E-state index in [1.54, 1.807) is 15.6 Å². The quantitative estimate of drug-likeness (QED) is 0.728. The number of nitrogens with two attached hydrogens (primary N) is 1. The molecule has 10 heteroatoms. The predicted molar refractivity (Wildman–Crippen MR) is 114 cm³/mol. The number of hydrogen-bond acceptors (Lipinski definition) is 3. The lowest BCUT2D eigenvalue weighted by Crippen LogP contribution is -2.60. The highest BCUT2D eigenvalue weighted by Gasteiger charge is 2.53. The van der Waals surface area contributed by atoms with Crippen molar-refractivity contribution in [2.75, 3.05) is 6.54 Å². The first kappa shape index (κ1) is 21.8. The topological polar surface area (TPSA) is 93.2 Å². The Morgan fingerprint density at radius 1 is 1.09 bits per heavy atom. The molecule has 0 spiro atoms. The smallest absolute Gasteiger partial charge is 0.318 e. The van der Waals surface area contributed by atoms with Crippen molar-refractivity contribution in [3.63, 3.8) is 0 Å². The molecule has 1 aromatic carbocycles. The summed E-state index contributed by atoms with van der Waals surface area (Å²) in [6.45, 7) is 0.863. The number of carbonyl (C=O) groups is 2. The molecule has 3 fully saturated rings. The van der Waals surface area contributed by atoms with Gasteiger partial charge in [0, 0.05) is 23.1 Å². The second-order valence-electron chi connectivity index (χ2n) is 9.56. The molecule has 3 saturated carbocycles. The molecule has 3 amide bonds. The third kappa shape index (κ3) is 3.65. The molecule has 2 bridgehead atoms. The van der Waals surface area contributed by atoms with Crippen LogP contribution in [0, 0.1) is 11.2 Å². The number of alkyl halides is 2. The molecule has 0 saturated heterocycles. The van der Waals surface area contributed by atoms with E-state index in [1.165, 1.54) is 18.2 Å². The Labute approximate surface area is 189 Å². The Morgan fingerprint density at radius 2 is 1.79 bits per heavy atom. The Balaban J connectivity index is 1.35. The number of rotatable bonds is 4. The molecule has 6 rings (SSSR count). The summed E-state index contributed by atoms with van der Waals surface area (Å²) >= 11 is 0. The summed E-state index contributed by atoms with van der Waals surface area (Å²) in [5.74, 6) is -1.15. The van der Waals surface area contributed by atoms with Crippen molar-refractivity contribution < 1.29 is 22.8 Å². The van der Waals surface area contributed by atoms with Gasteiger partial charge in [-0.3, -0.25) is 9.48 Å². The number of primary amides is 1. The average Bonchev–Trinajstić information content (AvgIpc) is 3.19. The zero-order chi connectivity index (χ0) is 23.4. The molecule has 3 aliphatic carbocycles. The van der Waals surface area contributed by atoms with Crippen molar-refractivity contribution in [2.24, 2.45) is 11.1 Å². The van der Waals surface area contributed by atoms with Crippen molar-refractivity contribution >= 4 is 11.9 Å². The van der Waals surface area contributed by atoms with Crippen LogP contribution in [0.2, 0.25) is 0 Å². The number of urea groups is 1. The minimum atomic E-state index is -2.33. The summed E-state index contributed by atoms with van der Waals surface area (Å²) in [5, 5.41) is 7.59. The van der Waals surface area contributed by atoms with E-state index in [0.29, 0.717) is 68.6 Å². The molecule has 4 aliphatic rings. The van der Waals surface area contributed by atoms with E-state index in [1.807, 2.05) is 0 Å². The molecular weight excluding hydrogens is 435 g/mol. The van der Waals surface area contributed by atoms with Crippen molar-refractivity contribution in [3.05, 3.63) is 41.3 Å². The van der Waals surface area contributed by atoms with Gasteiger partial charge < -0.3 is 16.0 Å². The lowest BCUT2D eigenvalue weighted by molar-refractivity contribution is -0.0874. The van der Waals surface area contributed by atoms with Crippen LogP contribution in [0.5, 0.6) is 0 Å². The summed E-state index contributed by atoms with van der Waals surface area (Å²) in [6.07, 6.45) is 0.566. The summed E-state index contributed by atoms with van der Waals surface area (Å²) in [7, 11) is 0. The molecule has 0 unspecified atom stereocenters. The third-order valence-corrected chi connectivity index (χ3v) is 7.75. The summed E-state index contributed by atoms with van der Waals surface area (Å²) in [6, 6.07) is 5.49. The fourth-order valence-corrected chi connectivity index (χ4v) is 5.62. The molecule has 1 aliphatic heterocycles. The van der Waals surface area contributed by atoms with Crippen molar-refractivity contribution in [2.45, 2.75) is 63.6 Å². The Hall–Kier alpha value is -3.04. The molecule has 2 heterocycles. The average molecular weight is 461 g/mol. The number of halogens is 3. The van der Waals surface area contributed by atoms with E-state index < -0.39 is 29.1 Å². The molecular formula is C23H26F3N5O2. The van der Waals surface area contributed by atoms with Gasteiger partial charge in [-0.25, -0.2) is 18.0 Å². The number of fused-ring (bicyclic) bond motifs is 4. The van der Waals surface area contributed by atoms with Gasteiger partial charge in [0.1, 0.15) is 11.5 Å². The minimum Gasteiger partial charge on any atom is -0.365 e. The van der Waals surface area contributed by atoms with E-state index in [0.717, 1.165) is 0 Å². The highest BCUT2D eigenvalue weighted by molar-refractivity contribution is 6.00. The van der Waals surface area contributed by atoms with Crippen LogP contribution >= 0.6 is 0 Å². The second kappa shape index (κ2) is 7.78. The summed E-state index contributed by atoms with van der Waals surface area (Å²) in [4.78, 5) is 27.0. The molecule has 7 nitrogen and oxygen atoms in total. The minimum absolute atomic E-state index is 0.128. The first-order valence-corrected chi connectivity index (χ1v) is 11.2. The largest absolute Gasteiger partial charge is 0.365 e. The van der Waals surface area contributed by atoms with Gasteiger partial charge in [-0.05, 0) is 50.7 Å². The third-order valence-electron chi connectivity index (χ3n) is 7.75. The van der Waals surface area contributed by atoms with Crippen LogP contribution in [0.1, 0.15) is 54.6 Å². The van der Waals surface area contributed by atoms with E-state index in [4.69, 9.17) is 5.73 Å². The van der Waals surface area contributed by atoms with Crippen LogP contribution in [0.4, 0.5) is 18.0 Å². The number of aromatic nitrogens is 2. The lowest BCUT2D eigenvalue weighted by Gasteiger charge is -2.53. The van der Waals surface area contributed by atoms with Gasteiger partial charge in [0.25, 0.3) is 5.91 Å². The first-order chi connectivity index (χ1) is 15.7. The number of carbonyl (C=O) groups excluding carboxylic acids is 2. The van der Waals surface area contributed by atoms with E-state index in [2.05, 4.69) is 10.4 Å². The monoisotopic (exact) mass is 461 g/mol. The van der Waals surface area contributed by atoms with Crippen LogP contribution < -0.4 is 11.1 Å². The van der Waals surface area contributed by atoms with Gasteiger partial charge in [0.05, 0.1) is 24.3 Å². The highest BCUT2D eigenvalue weighted by Crippen LogP contribution is 2.55. The van der Waals surface area contributed by atoms with E-state index in [9.17, 15) is 22.8 Å². The van der Waals surface area contributed by atoms with Gasteiger partial charge in [-0.1, -0.05) is 12.1 Å². The van der Waals surface area contributed by atoms with E-state index in [-0.39, 0.29) is 18.1 Å². The van der Waals surface area contributed by atoms with Crippen LogP contribution in [0.3, 0.4) is 0 Å². The predicted octanol–water partition coefficient (Wildman–Crippen LogP) is 3.67. The molecule has 1 aromatic heterocycles. The number of hydrogen-bond donors (Lipinski definition) is 2. The number of nitrogens with one attached hydrogen (secondary N) is 1. The van der Waals surface area contributed by atoms with Crippen molar-refractivity contribution in [3.8, 4) is 11.3 Å². The zero-order valence-electron chi connectivity index (χ0n) is 18.1. The van der Waals surface area contributed by atoms with Gasteiger partial charge in [0.2, 0.25) is 6.43 Å². The maximum atomic E-state index is 13.7. The van der Waals surface area contributed by atoms with E-state index >= 15 is 0 Å². The first-order valence-electron chi connectivity index (χ1n) is 11.2. The Morgan fingerprint density at radius 3 is 2.39 bits per heavy atom. The molecule has 0 atom stereocenters. The van der Waals surface area contributed by atoms with Crippen LogP contribution in [0.15, 0.2) is 24.3 Å². The van der Waals surface area contributed by atoms with Crippen LogP contribution in [-0.4, -0.2) is 45.1 Å². The lowest BCUT2D eigenvalue weighted by atomic mass is 9.57. The molecule has 2 aromatic rings. The standard InChI is InChI=1S/C23H26F3N5O2/c24-15-3-1-2-14(12-15)18-17(19(27)32)16-13-30(10-11-31(16)29-18)21(33)28-23-7-4-22(5-8-23,6-9-23)20(25)26/h1-3,12,20H,4-11,13H2,(H2,27,32)(H,28,33). The Kier molecular flexibility index (Phi) is 5.13. The normalized spacial score (nSPS) is 26.4. The summed E-state index contributed by atoms with van der Waals surface area (Å²) in [5.41, 5.74) is 5.71. The zero-order valence-corrected chi connectivity index (χ0v) is 18.1. The number of nitrogens with zero attached hydrogens (tertiary/aromatic N) is 3. The molecule has 33 heavy (non-hydrogen) atoms. The maximum Gasteiger partial charge on any atom is 0.318 e. The number of amides is 3. The molecule has 3 N–H and O–H groups in total. The summed E-state index contributed by atoms with van der Waals surface area (Å²) < 4.78 is 42.4. The van der Waals surface area contributed by atoms with Crippen LogP contribution in [0.25, 0.3) is 11.3 Å². The number of benzene rings is 1. The fraction of sp³-hybridized carbons (Fsp3) is 0.522. The van der Waals surface area contributed by atoms with Crippen molar-refractivity contribution in [1.29, 1.82) is 0 Å². The van der Waals surface area contributed by atoms with Gasteiger partial charge in [-0.2, -0.15) is 5.10 Å². The molecule has 0 radical (unpaired) electrons. The molecule has 176 valence electrons. The highest BCUT2D eigenvalue weighted by atomic mass is 19.3. The van der Waals surface area contributed by atoms with Gasteiger partial charge in [-0.15, -0.1) is 0 Å². The van der Waals surface area contributed by atoms with Gasteiger partial charge in [0.15, 0.2) is 0 Å². The second-order valence-corrected chi connectivity index (χ2v) is 9.56. The van der Waals surface area contributed by atoms with Crippen LogP contribution in [-0.2, 0) is 13.1 Å². The Bertz CT molecular complexity index is 1090. The van der Waals surface area contributed by atoms with Gasteiger partial charge >= 0.3 is 6.03 Å². The van der Waals surface area contributed by atoms with Crippen molar-refractivity contribution in [1.82, 2.24) is 20.0 Å². The SMILES string of the molecule is NC(=O)c1c(-c2cccc(F)c2)nn2c1CN(C(=O)NC13CCC(C(F)F)(CC1)CC3)CC2. The maximum absolute atomic E-state index is 13.7.